The maximum atomic E-state index is 5.72. The molecule has 2 rings (SSSR count). The van der Waals surface area contributed by atoms with Crippen molar-refractivity contribution in [1.82, 2.24) is 10.1 Å². The second kappa shape index (κ2) is 5.79. The predicted octanol–water partition coefficient (Wildman–Crippen LogP) is 1.78. The Kier molecular flexibility index (Phi) is 4.09. The van der Waals surface area contributed by atoms with Crippen molar-refractivity contribution in [1.29, 1.82) is 0 Å². The van der Waals surface area contributed by atoms with Crippen LogP contribution in [-0.2, 0) is 0 Å². The molecule has 108 valence electrons. The molecule has 1 heterocycles. The largest absolute Gasteiger partial charge is 0.496 e. The first-order chi connectivity index (χ1) is 9.60. The van der Waals surface area contributed by atoms with Gasteiger partial charge in [0, 0.05) is 12.1 Å². The molecule has 1 atom stereocenters. The van der Waals surface area contributed by atoms with Crippen molar-refractivity contribution in [3.63, 3.8) is 0 Å². The molecule has 2 aromatic rings. The molecule has 2 N–H and O–H groups in total. The first kappa shape index (κ1) is 14.1. The van der Waals surface area contributed by atoms with Gasteiger partial charge < -0.3 is 24.5 Å². The van der Waals surface area contributed by atoms with E-state index in [2.05, 4.69) is 10.1 Å². The summed E-state index contributed by atoms with van der Waals surface area (Å²) in [7, 11) is 4.65. The molecule has 0 fully saturated rings. The van der Waals surface area contributed by atoms with Crippen LogP contribution in [0.25, 0.3) is 11.5 Å². The van der Waals surface area contributed by atoms with Crippen molar-refractivity contribution < 1.29 is 18.7 Å². The van der Waals surface area contributed by atoms with Crippen LogP contribution in [-0.4, -0.2) is 31.5 Å². The van der Waals surface area contributed by atoms with E-state index in [1.165, 1.54) is 0 Å². The van der Waals surface area contributed by atoms with Crippen LogP contribution in [0.1, 0.15) is 18.8 Å². The molecule has 0 saturated carbocycles. The minimum Gasteiger partial charge on any atom is -0.496 e. The predicted molar refractivity (Wildman–Crippen MR) is 72.0 cm³/mol. The fourth-order valence-corrected chi connectivity index (χ4v) is 1.73. The van der Waals surface area contributed by atoms with Gasteiger partial charge in [0.2, 0.25) is 0 Å². The first-order valence-corrected chi connectivity index (χ1v) is 6.00. The molecule has 20 heavy (non-hydrogen) atoms. The van der Waals surface area contributed by atoms with Gasteiger partial charge in [-0.3, -0.25) is 0 Å². The summed E-state index contributed by atoms with van der Waals surface area (Å²) < 4.78 is 21.0. The molecule has 1 unspecified atom stereocenters. The Hall–Kier alpha value is -2.28. The fraction of sp³-hybridized carbons (Fsp3) is 0.385. The second-order valence-electron chi connectivity index (χ2n) is 4.15. The van der Waals surface area contributed by atoms with Gasteiger partial charge in [0.05, 0.1) is 32.9 Å². The lowest BCUT2D eigenvalue weighted by atomic mass is 10.1. The Morgan fingerprint density at radius 2 is 1.65 bits per heavy atom. The number of benzene rings is 1. The number of rotatable bonds is 5. The summed E-state index contributed by atoms with van der Waals surface area (Å²) >= 11 is 0. The molecule has 0 spiro atoms. The number of nitrogens with zero attached hydrogens (tertiary/aromatic N) is 2. The van der Waals surface area contributed by atoms with E-state index < -0.39 is 0 Å². The van der Waals surface area contributed by atoms with Crippen LogP contribution in [0, 0.1) is 0 Å². The van der Waals surface area contributed by atoms with Crippen molar-refractivity contribution in [3.8, 4) is 28.7 Å². The normalized spacial score (nSPS) is 12.1. The number of aromatic nitrogens is 2. The molecule has 0 bridgehead atoms. The van der Waals surface area contributed by atoms with Gasteiger partial charge in [-0.2, -0.15) is 4.98 Å². The van der Waals surface area contributed by atoms with Crippen molar-refractivity contribution >= 4 is 0 Å². The Labute approximate surface area is 116 Å². The third-order valence-electron chi connectivity index (χ3n) is 2.79. The van der Waals surface area contributed by atoms with Crippen LogP contribution in [0.5, 0.6) is 17.2 Å². The average molecular weight is 279 g/mol. The lowest BCUT2D eigenvalue weighted by Crippen LogP contribution is -2.06. The summed E-state index contributed by atoms with van der Waals surface area (Å²) in [6.45, 7) is 1.78. The Bertz CT molecular complexity index is 595. The van der Waals surface area contributed by atoms with Crippen LogP contribution in [0.4, 0.5) is 0 Å². The number of methoxy groups -OCH3 is 3. The van der Waals surface area contributed by atoms with Gasteiger partial charge in [0.1, 0.15) is 5.75 Å². The third-order valence-corrected chi connectivity index (χ3v) is 2.79. The van der Waals surface area contributed by atoms with E-state index in [0.717, 1.165) is 0 Å². The number of ether oxygens (including phenoxy) is 3. The van der Waals surface area contributed by atoms with E-state index in [9.17, 15) is 0 Å². The minimum absolute atomic E-state index is 0.307. The monoisotopic (exact) mass is 279 g/mol. The molecule has 0 radical (unpaired) electrons. The van der Waals surface area contributed by atoms with Crippen LogP contribution in [0.15, 0.2) is 16.7 Å². The lowest BCUT2D eigenvalue weighted by molar-refractivity contribution is 0.348. The lowest BCUT2D eigenvalue weighted by Gasteiger charge is -2.11. The molecule has 0 aliphatic carbocycles. The van der Waals surface area contributed by atoms with Gasteiger partial charge in [-0.05, 0) is 6.92 Å². The molecule has 0 saturated heterocycles. The summed E-state index contributed by atoms with van der Waals surface area (Å²) in [5, 5.41) is 3.83. The van der Waals surface area contributed by atoms with Gasteiger partial charge in [0.15, 0.2) is 17.3 Å². The molecule has 7 heteroatoms. The summed E-state index contributed by atoms with van der Waals surface area (Å²) in [6, 6.07) is 3.11. The highest BCUT2D eigenvalue weighted by Crippen LogP contribution is 2.39. The van der Waals surface area contributed by atoms with Crippen LogP contribution < -0.4 is 19.9 Å². The molecular formula is C13H17N3O4. The van der Waals surface area contributed by atoms with Gasteiger partial charge in [-0.15, -0.1) is 0 Å². The molecule has 0 aliphatic heterocycles. The fourth-order valence-electron chi connectivity index (χ4n) is 1.73. The molecule has 7 nitrogen and oxygen atoms in total. The topological polar surface area (TPSA) is 92.6 Å². The Morgan fingerprint density at radius 1 is 1.05 bits per heavy atom. The van der Waals surface area contributed by atoms with E-state index >= 15 is 0 Å². The van der Waals surface area contributed by atoms with E-state index in [0.29, 0.717) is 34.5 Å². The van der Waals surface area contributed by atoms with E-state index in [1.807, 2.05) is 0 Å². The van der Waals surface area contributed by atoms with E-state index in [-0.39, 0.29) is 6.04 Å². The smallest absolute Gasteiger partial charge is 0.261 e. The van der Waals surface area contributed by atoms with Gasteiger partial charge >= 0.3 is 0 Å². The van der Waals surface area contributed by atoms with Crippen molar-refractivity contribution in [2.24, 2.45) is 5.73 Å². The quantitative estimate of drug-likeness (QED) is 0.891. The summed E-state index contributed by atoms with van der Waals surface area (Å²) in [4.78, 5) is 4.24. The zero-order valence-electron chi connectivity index (χ0n) is 11.8. The standard InChI is InChI=1S/C13H17N3O4/c1-7(14)12-15-13(20-16-12)8-5-10(18-3)11(19-4)6-9(8)17-2/h5-7H,14H2,1-4H3. The zero-order chi connectivity index (χ0) is 14.7. The molecule has 0 amide bonds. The molecule has 0 aliphatic rings. The highest BCUT2D eigenvalue weighted by Gasteiger charge is 2.19. The summed E-state index contributed by atoms with van der Waals surface area (Å²) in [5.41, 5.74) is 6.33. The third kappa shape index (κ3) is 2.53. The maximum Gasteiger partial charge on any atom is 0.261 e. The number of nitrogens with two attached hydrogens (primary N) is 1. The highest BCUT2D eigenvalue weighted by molar-refractivity contribution is 5.68. The van der Waals surface area contributed by atoms with Crippen molar-refractivity contribution in [2.75, 3.05) is 21.3 Å². The Morgan fingerprint density at radius 3 is 2.15 bits per heavy atom. The Balaban J connectivity index is 2.53. The van der Waals surface area contributed by atoms with Crippen LogP contribution in [0.3, 0.4) is 0 Å². The van der Waals surface area contributed by atoms with Gasteiger partial charge in [-0.25, -0.2) is 0 Å². The minimum atomic E-state index is -0.307. The molecule has 1 aromatic carbocycles. The molecule has 1 aromatic heterocycles. The SMILES string of the molecule is COc1cc(OC)c(-c2nc(C(C)N)no2)cc1OC. The number of hydrogen-bond donors (Lipinski definition) is 1. The van der Waals surface area contributed by atoms with E-state index in [1.54, 1.807) is 40.4 Å². The first-order valence-electron chi connectivity index (χ1n) is 6.00. The van der Waals surface area contributed by atoms with Crippen molar-refractivity contribution in [2.45, 2.75) is 13.0 Å². The summed E-state index contributed by atoms with van der Waals surface area (Å²) in [6.07, 6.45) is 0. The zero-order valence-corrected chi connectivity index (χ0v) is 11.8. The van der Waals surface area contributed by atoms with Crippen molar-refractivity contribution in [3.05, 3.63) is 18.0 Å². The maximum absolute atomic E-state index is 5.72. The molecular weight excluding hydrogens is 262 g/mol. The number of hydrogen-bond acceptors (Lipinski definition) is 7. The van der Waals surface area contributed by atoms with Crippen LogP contribution in [0.2, 0.25) is 0 Å². The van der Waals surface area contributed by atoms with Gasteiger partial charge in [-0.1, -0.05) is 5.16 Å². The van der Waals surface area contributed by atoms with Gasteiger partial charge in [0.25, 0.3) is 5.89 Å². The second-order valence-corrected chi connectivity index (χ2v) is 4.15. The van der Waals surface area contributed by atoms with E-state index in [4.69, 9.17) is 24.5 Å². The highest BCUT2D eigenvalue weighted by atomic mass is 16.5. The van der Waals surface area contributed by atoms with Crippen LogP contribution >= 0.6 is 0 Å². The summed E-state index contributed by atoms with van der Waals surface area (Å²) in [5.74, 6) is 2.39. The average Bonchev–Trinajstić information content (AvgIpc) is 2.95.